The second-order valence-electron chi connectivity index (χ2n) is 8.99. The molecule has 0 N–H and O–H groups in total. The van der Waals surface area contributed by atoms with Crippen LogP contribution in [0.1, 0.15) is 45.1 Å². The molecule has 0 saturated heterocycles. The molecule has 1 aliphatic rings. The third-order valence-electron chi connectivity index (χ3n) is 6.13. The third kappa shape index (κ3) is 4.42. The first kappa shape index (κ1) is 18.4. The maximum absolute atomic E-state index is 6.34. The molecule has 3 rings (SSSR count). The fraction of sp³-hybridized carbons (Fsp3) is 0.478. The molecule has 25 heavy (non-hydrogen) atoms. The van der Waals surface area contributed by atoms with Crippen LogP contribution in [0.5, 0.6) is 0 Å². The Hall–Kier alpha value is -1.38. The van der Waals surface area contributed by atoms with Gasteiger partial charge in [0, 0.05) is 6.61 Å². The summed E-state index contributed by atoms with van der Waals surface area (Å²) in [5.41, 5.74) is 4.10. The number of rotatable bonds is 6. The summed E-state index contributed by atoms with van der Waals surface area (Å²) >= 11 is 0. The zero-order valence-electron chi connectivity index (χ0n) is 16.4. The molecule has 134 valence electrons. The maximum Gasteiger partial charge on any atom is 0.191 e. The fourth-order valence-corrected chi connectivity index (χ4v) is 4.27. The Morgan fingerprint density at radius 2 is 1.52 bits per heavy atom. The van der Waals surface area contributed by atoms with Crippen LogP contribution < -0.4 is 0 Å². The Bertz CT molecular complexity index is 682. The first-order valence-corrected chi connectivity index (χ1v) is 12.5. The van der Waals surface area contributed by atoms with E-state index in [1.165, 1.54) is 29.5 Å². The molecule has 0 bridgehead atoms. The number of benzene rings is 2. The van der Waals surface area contributed by atoms with Crippen LogP contribution in [0.2, 0.25) is 18.1 Å². The van der Waals surface area contributed by atoms with Gasteiger partial charge in [0.2, 0.25) is 0 Å². The highest BCUT2D eigenvalue weighted by Gasteiger charge is 2.40. The summed E-state index contributed by atoms with van der Waals surface area (Å²) in [5.74, 6) is 1.56. The minimum Gasteiger partial charge on any atom is -0.417 e. The van der Waals surface area contributed by atoms with Crippen LogP contribution >= 0.6 is 0 Å². The SMILES string of the molecule is CC(C)(C)[Si](C)(C)OCC[C@@H]1C[C@H]1c1ccc(-c2ccccc2)cc1. The molecular weight excluding hydrogens is 320 g/mol. The van der Waals surface area contributed by atoms with Crippen molar-refractivity contribution < 1.29 is 4.43 Å². The van der Waals surface area contributed by atoms with Crippen LogP contribution in [0.15, 0.2) is 54.6 Å². The summed E-state index contributed by atoms with van der Waals surface area (Å²) in [6, 6.07) is 19.8. The second kappa shape index (κ2) is 7.09. The van der Waals surface area contributed by atoms with Gasteiger partial charge in [0.15, 0.2) is 8.32 Å². The minimum atomic E-state index is -1.59. The molecule has 0 spiro atoms. The smallest absolute Gasteiger partial charge is 0.191 e. The van der Waals surface area contributed by atoms with Crippen molar-refractivity contribution in [3.8, 4) is 11.1 Å². The zero-order chi connectivity index (χ0) is 18.1. The first-order chi connectivity index (χ1) is 11.8. The molecule has 1 nitrogen and oxygen atoms in total. The van der Waals surface area contributed by atoms with Crippen LogP contribution in [0, 0.1) is 5.92 Å². The molecule has 0 aliphatic heterocycles. The molecule has 0 radical (unpaired) electrons. The molecule has 0 amide bonds. The molecule has 0 heterocycles. The molecule has 2 aromatic carbocycles. The van der Waals surface area contributed by atoms with Gasteiger partial charge >= 0.3 is 0 Å². The predicted octanol–water partition coefficient (Wildman–Crippen LogP) is 6.87. The van der Waals surface area contributed by atoms with Crippen LogP contribution in [0.25, 0.3) is 11.1 Å². The molecule has 1 aliphatic carbocycles. The highest BCUT2D eigenvalue weighted by Crippen LogP contribution is 2.50. The lowest BCUT2D eigenvalue weighted by atomic mass is 10.0. The van der Waals surface area contributed by atoms with Crippen LogP contribution in [0.4, 0.5) is 0 Å². The number of hydrogen-bond acceptors (Lipinski definition) is 1. The van der Waals surface area contributed by atoms with Gasteiger partial charge in [0.05, 0.1) is 0 Å². The average Bonchev–Trinajstić information content (AvgIpc) is 3.34. The molecule has 2 aromatic rings. The molecule has 0 unspecified atom stereocenters. The summed E-state index contributed by atoms with van der Waals surface area (Å²) in [7, 11) is -1.59. The zero-order valence-corrected chi connectivity index (χ0v) is 17.4. The van der Waals surface area contributed by atoms with Gasteiger partial charge in [0.1, 0.15) is 0 Å². The lowest BCUT2D eigenvalue weighted by molar-refractivity contribution is 0.274. The molecule has 2 heteroatoms. The number of hydrogen-bond donors (Lipinski definition) is 0. The molecular formula is C23H32OSi. The first-order valence-electron chi connectivity index (χ1n) is 9.57. The van der Waals surface area contributed by atoms with E-state index >= 15 is 0 Å². The van der Waals surface area contributed by atoms with Crippen LogP contribution in [0.3, 0.4) is 0 Å². The summed E-state index contributed by atoms with van der Waals surface area (Å²) in [4.78, 5) is 0. The lowest BCUT2D eigenvalue weighted by Gasteiger charge is -2.36. The van der Waals surface area contributed by atoms with Crippen molar-refractivity contribution >= 4 is 8.32 Å². The van der Waals surface area contributed by atoms with Crippen molar-refractivity contribution in [3.05, 3.63) is 60.2 Å². The van der Waals surface area contributed by atoms with Gasteiger partial charge in [-0.2, -0.15) is 0 Å². The average molecular weight is 353 g/mol. The van der Waals surface area contributed by atoms with Gasteiger partial charge in [-0.05, 0) is 59.5 Å². The van der Waals surface area contributed by atoms with E-state index in [1.54, 1.807) is 0 Å². The second-order valence-corrected chi connectivity index (χ2v) is 13.8. The topological polar surface area (TPSA) is 9.23 Å². The van der Waals surface area contributed by atoms with E-state index in [0.717, 1.165) is 18.4 Å². The largest absolute Gasteiger partial charge is 0.417 e. The van der Waals surface area contributed by atoms with Gasteiger partial charge in [-0.15, -0.1) is 0 Å². The molecule has 1 saturated carbocycles. The van der Waals surface area contributed by atoms with Gasteiger partial charge in [-0.3, -0.25) is 0 Å². The predicted molar refractivity (Wildman–Crippen MR) is 110 cm³/mol. The van der Waals surface area contributed by atoms with Gasteiger partial charge < -0.3 is 4.43 Å². The van der Waals surface area contributed by atoms with Crippen molar-refractivity contribution in [1.29, 1.82) is 0 Å². The van der Waals surface area contributed by atoms with Crippen molar-refractivity contribution in [2.45, 2.75) is 57.7 Å². The quantitative estimate of drug-likeness (QED) is 0.515. The molecule has 1 fully saturated rings. The highest BCUT2D eigenvalue weighted by atomic mass is 28.4. The van der Waals surface area contributed by atoms with E-state index in [9.17, 15) is 0 Å². The monoisotopic (exact) mass is 352 g/mol. The van der Waals surface area contributed by atoms with Crippen LogP contribution in [-0.4, -0.2) is 14.9 Å². The van der Waals surface area contributed by atoms with E-state index < -0.39 is 8.32 Å². The van der Waals surface area contributed by atoms with Crippen molar-refractivity contribution in [2.75, 3.05) is 6.61 Å². The maximum atomic E-state index is 6.34. The van der Waals surface area contributed by atoms with E-state index in [4.69, 9.17) is 4.43 Å². The Labute approximate surface area is 154 Å². The Kier molecular flexibility index (Phi) is 5.22. The van der Waals surface area contributed by atoms with Gasteiger partial charge in [-0.25, -0.2) is 0 Å². The van der Waals surface area contributed by atoms with Crippen molar-refractivity contribution in [3.63, 3.8) is 0 Å². The van der Waals surface area contributed by atoms with E-state index in [-0.39, 0.29) is 0 Å². The highest BCUT2D eigenvalue weighted by molar-refractivity contribution is 6.74. The van der Waals surface area contributed by atoms with E-state index in [1.807, 2.05) is 0 Å². The van der Waals surface area contributed by atoms with Crippen molar-refractivity contribution in [1.82, 2.24) is 0 Å². The summed E-state index contributed by atoms with van der Waals surface area (Å²) in [6.07, 6.45) is 2.53. The molecule has 0 aromatic heterocycles. The van der Waals surface area contributed by atoms with Crippen molar-refractivity contribution in [2.24, 2.45) is 5.92 Å². The Morgan fingerprint density at radius 1 is 0.920 bits per heavy atom. The van der Waals surface area contributed by atoms with E-state index in [0.29, 0.717) is 5.04 Å². The standard InChI is InChI=1S/C23H32OSi/c1-23(2,3)25(4,5)24-16-15-21-17-22(21)20-13-11-19(12-14-20)18-9-7-6-8-10-18/h6-14,21-22H,15-17H2,1-5H3/t21-,22+/m1/s1. The van der Waals surface area contributed by atoms with E-state index in [2.05, 4.69) is 88.5 Å². The van der Waals surface area contributed by atoms with Gasteiger partial charge in [0.25, 0.3) is 0 Å². The third-order valence-corrected chi connectivity index (χ3v) is 10.7. The summed E-state index contributed by atoms with van der Waals surface area (Å²) in [5, 5.41) is 0.309. The van der Waals surface area contributed by atoms with Gasteiger partial charge in [-0.1, -0.05) is 75.4 Å². The summed E-state index contributed by atoms with van der Waals surface area (Å²) < 4.78 is 6.34. The fourth-order valence-electron chi connectivity index (χ4n) is 3.21. The normalized spacial score (nSPS) is 20.5. The Balaban J connectivity index is 1.51. The summed E-state index contributed by atoms with van der Waals surface area (Å²) in [6.45, 7) is 12.6. The lowest BCUT2D eigenvalue weighted by Crippen LogP contribution is -2.41. The Morgan fingerprint density at radius 3 is 2.12 bits per heavy atom. The molecule has 2 atom stereocenters. The minimum absolute atomic E-state index is 0.309. The van der Waals surface area contributed by atoms with Crippen LogP contribution in [-0.2, 0) is 4.43 Å².